The van der Waals surface area contributed by atoms with E-state index in [1.807, 2.05) is 0 Å². The van der Waals surface area contributed by atoms with Gasteiger partial charge in [0.25, 0.3) is 0 Å². The second-order valence-electron chi connectivity index (χ2n) is 3.81. The Morgan fingerprint density at radius 2 is 1.79 bits per heavy atom. The van der Waals surface area contributed by atoms with Crippen LogP contribution >= 0.6 is 23.8 Å². The molecule has 0 aliphatic carbocycles. The van der Waals surface area contributed by atoms with Crippen LogP contribution in [0, 0.1) is 11.6 Å². The predicted molar refractivity (Wildman–Crippen MR) is 77.0 cm³/mol. The SMILES string of the molecule is NC(=S)c1cc(F)c(Nc2cccc(Cl)c2)c(F)c1. The lowest BCUT2D eigenvalue weighted by atomic mass is 10.1. The van der Waals surface area contributed by atoms with Gasteiger partial charge >= 0.3 is 0 Å². The summed E-state index contributed by atoms with van der Waals surface area (Å²) in [4.78, 5) is -0.0629. The van der Waals surface area contributed by atoms with E-state index in [-0.39, 0.29) is 16.2 Å². The van der Waals surface area contributed by atoms with E-state index >= 15 is 0 Å². The van der Waals surface area contributed by atoms with Crippen LogP contribution in [0.15, 0.2) is 36.4 Å². The Morgan fingerprint density at radius 1 is 1.16 bits per heavy atom. The van der Waals surface area contributed by atoms with Gasteiger partial charge in [-0.1, -0.05) is 29.9 Å². The Labute approximate surface area is 119 Å². The predicted octanol–water partition coefficient (Wildman–Crippen LogP) is 4.00. The zero-order valence-electron chi connectivity index (χ0n) is 9.58. The van der Waals surface area contributed by atoms with Gasteiger partial charge in [-0.2, -0.15) is 0 Å². The van der Waals surface area contributed by atoms with Gasteiger partial charge in [0, 0.05) is 16.3 Å². The molecule has 0 unspecified atom stereocenters. The topological polar surface area (TPSA) is 38.0 Å². The van der Waals surface area contributed by atoms with E-state index in [9.17, 15) is 8.78 Å². The third kappa shape index (κ3) is 3.19. The molecule has 0 saturated heterocycles. The van der Waals surface area contributed by atoms with Crippen LogP contribution in [0.25, 0.3) is 0 Å². The van der Waals surface area contributed by atoms with E-state index in [0.717, 1.165) is 12.1 Å². The van der Waals surface area contributed by atoms with Crippen molar-refractivity contribution in [3.8, 4) is 0 Å². The summed E-state index contributed by atoms with van der Waals surface area (Å²) in [5, 5.41) is 3.09. The number of hydrogen-bond donors (Lipinski definition) is 2. The third-order valence-corrected chi connectivity index (χ3v) is 2.89. The Kier molecular flexibility index (Phi) is 3.97. The van der Waals surface area contributed by atoms with Gasteiger partial charge in [0.2, 0.25) is 0 Å². The molecule has 0 bridgehead atoms. The minimum absolute atomic E-state index is 0.0629. The minimum Gasteiger partial charge on any atom is -0.389 e. The van der Waals surface area contributed by atoms with Gasteiger partial charge in [0.05, 0.1) is 0 Å². The molecule has 0 aliphatic rings. The normalized spacial score (nSPS) is 10.3. The standard InChI is InChI=1S/C13H9ClF2N2S/c14-8-2-1-3-9(6-8)18-12-10(15)4-7(13(17)19)5-11(12)16/h1-6,18H,(H2,17,19). The fourth-order valence-electron chi connectivity index (χ4n) is 1.55. The Hall–Kier alpha value is -1.72. The van der Waals surface area contributed by atoms with Crippen LogP contribution in [0.5, 0.6) is 0 Å². The van der Waals surface area contributed by atoms with Gasteiger partial charge in [0.1, 0.15) is 22.3 Å². The van der Waals surface area contributed by atoms with Crippen LogP contribution in [-0.4, -0.2) is 4.99 Å². The summed E-state index contributed by atoms with van der Waals surface area (Å²) in [5.41, 5.74) is 5.68. The van der Waals surface area contributed by atoms with Crippen molar-refractivity contribution in [2.75, 3.05) is 5.32 Å². The highest BCUT2D eigenvalue weighted by molar-refractivity contribution is 7.80. The van der Waals surface area contributed by atoms with Gasteiger partial charge in [-0.15, -0.1) is 0 Å². The van der Waals surface area contributed by atoms with Crippen LogP contribution in [-0.2, 0) is 0 Å². The summed E-state index contributed by atoms with van der Waals surface area (Å²) in [6, 6.07) is 8.70. The average Bonchev–Trinajstić information content (AvgIpc) is 2.33. The Balaban J connectivity index is 2.38. The van der Waals surface area contributed by atoms with Crippen molar-refractivity contribution in [1.82, 2.24) is 0 Å². The summed E-state index contributed by atoms with van der Waals surface area (Å²) < 4.78 is 27.6. The summed E-state index contributed by atoms with van der Waals surface area (Å²) in [6.45, 7) is 0. The summed E-state index contributed by atoms with van der Waals surface area (Å²) in [7, 11) is 0. The van der Waals surface area contributed by atoms with E-state index < -0.39 is 11.6 Å². The molecule has 0 heterocycles. The van der Waals surface area contributed by atoms with E-state index in [1.54, 1.807) is 24.3 Å². The highest BCUT2D eigenvalue weighted by Gasteiger charge is 2.12. The molecule has 0 aliphatic heterocycles. The maximum Gasteiger partial charge on any atom is 0.150 e. The number of hydrogen-bond acceptors (Lipinski definition) is 2. The zero-order chi connectivity index (χ0) is 14.0. The largest absolute Gasteiger partial charge is 0.389 e. The van der Waals surface area contributed by atoms with Gasteiger partial charge < -0.3 is 11.1 Å². The van der Waals surface area contributed by atoms with Gasteiger partial charge in [-0.25, -0.2) is 8.78 Å². The molecule has 3 N–H and O–H groups in total. The number of thiocarbonyl (C=S) groups is 1. The lowest BCUT2D eigenvalue weighted by Crippen LogP contribution is -2.11. The van der Waals surface area contributed by atoms with Crippen LogP contribution in [0.1, 0.15) is 5.56 Å². The first kappa shape index (κ1) is 13.7. The van der Waals surface area contributed by atoms with Crippen LogP contribution in [0.2, 0.25) is 5.02 Å². The molecule has 0 amide bonds. The number of benzene rings is 2. The first-order valence-corrected chi connectivity index (χ1v) is 6.07. The summed E-state index contributed by atoms with van der Waals surface area (Å²) >= 11 is 10.5. The number of anilines is 2. The van der Waals surface area contributed by atoms with Crippen molar-refractivity contribution in [2.45, 2.75) is 0 Å². The first-order chi connectivity index (χ1) is 8.97. The second kappa shape index (κ2) is 5.50. The molecular formula is C13H9ClF2N2S. The molecule has 0 aromatic heterocycles. The van der Waals surface area contributed by atoms with E-state index in [2.05, 4.69) is 17.5 Å². The quantitative estimate of drug-likeness (QED) is 0.841. The molecule has 2 nitrogen and oxygen atoms in total. The van der Waals surface area contributed by atoms with E-state index in [4.69, 9.17) is 17.3 Å². The second-order valence-corrected chi connectivity index (χ2v) is 4.69. The molecule has 0 radical (unpaired) electrons. The summed E-state index contributed by atoms with van der Waals surface area (Å²) in [6.07, 6.45) is 0. The van der Waals surface area contributed by atoms with Crippen molar-refractivity contribution < 1.29 is 8.78 Å². The van der Waals surface area contributed by atoms with Crippen molar-refractivity contribution in [2.24, 2.45) is 5.73 Å². The molecule has 6 heteroatoms. The Morgan fingerprint density at radius 3 is 2.32 bits per heavy atom. The molecule has 2 rings (SSSR count). The highest BCUT2D eigenvalue weighted by atomic mass is 35.5. The van der Waals surface area contributed by atoms with Crippen molar-refractivity contribution in [1.29, 1.82) is 0 Å². The van der Waals surface area contributed by atoms with Crippen LogP contribution in [0.3, 0.4) is 0 Å². The van der Waals surface area contributed by atoms with Crippen LogP contribution in [0.4, 0.5) is 20.2 Å². The molecule has 98 valence electrons. The molecule has 0 spiro atoms. The van der Waals surface area contributed by atoms with Gasteiger partial charge in [-0.05, 0) is 30.3 Å². The number of nitrogens with one attached hydrogen (secondary N) is 1. The fourth-order valence-corrected chi connectivity index (χ4v) is 1.85. The minimum atomic E-state index is -0.775. The molecule has 0 fully saturated rings. The van der Waals surface area contributed by atoms with Crippen molar-refractivity contribution in [3.63, 3.8) is 0 Å². The Bertz CT molecular complexity index is 623. The molecule has 0 saturated carbocycles. The van der Waals surface area contributed by atoms with Crippen molar-refractivity contribution in [3.05, 3.63) is 58.6 Å². The number of rotatable bonds is 3. The lowest BCUT2D eigenvalue weighted by Gasteiger charge is -2.10. The zero-order valence-corrected chi connectivity index (χ0v) is 11.2. The molecule has 0 atom stereocenters. The summed E-state index contributed by atoms with van der Waals surface area (Å²) in [5.74, 6) is -1.55. The molecule has 19 heavy (non-hydrogen) atoms. The fraction of sp³-hybridized carbons (Fsp3) is 0. The van der Waals surface area contributed by atoms with E-state index in [0.29, 0.717) is 10.7 Å². The van der Waals surface area contributed by atoms with Crippen molar-refractivity contribution >= 4 is 40.2 Å². The maximum absolute atomic E-state index is 13.8. The monoisotopic (exact) mass is 298 g/mol. The smallest absolute Gasteiger partial charge is 0.150 e. The van der Waals surface area contributed by atoms with Gasteiger partial charge in [-0.3, -0.25) is 0 Å². The molecular weight excluding hydrogens is 290 g/mol. The van der Waals surface area contributed by atoms with Crippen LogP contribution < -0.4 is 11.1 Å². The maximum atomic E-state index is 13.8. The first-order valence-electron chi connectivity index (χ1n) is 5.29. The lowest BCUT2D eigenvalue weighted by molar-refractivity contribution is 0.590. The van der Waals surface area contributed by atoms with E-state index in [1.165, 1.54) is 0 Å². The average molecular weight is 299 g/mol. The molecule has 2 aromatic carbocycles. The number of nitrogens with two attached hydrogens (primary N) is 1. The number of halogens is 3. The van der Waals surface area contributed by atoms with Gasteiger partial charge in [0.15, 0.2) is 0 Å². The third-order valence-electron chi connectivity index (χ3n) is 2.42. The highest BCUT2D eigenvalue weighted by Crippen LogP contribution is 2.26. The molecule has 2 aromatic rings.